The molecule has 4 heteroatoms. The van der Waals surface area contributed by atoms with Crippen molar-refractivity contribution in [3.05, 3.63) is 0 Å². The number of hydrogen-bond acceptors (Lipinski definition) is 4. The molecule has 0 spiro atoms. The zero-order valence-corrected chi connectivity index (χ0v) is 12.0. The largest absolute Gasteiger partial charge is 0.389 e. The molecule has 0 radical (unpaired) electrons. The number of nitrogens with one attached hydrogen (secondary N) is 1. The number of ether oxygens (including phenoxy) is 2. The van der Waals surface area contributed by atoms with Gasteiger partial charge in [-0.3, -0.25) is 0 Å². The Balaban J connectivity index is 3.56. The lowest BCUT2D eigenvalue weighted by Gasteiger charge is -2.24. The molecular weight excluding hydrogens is 218 g/mol. The van der Waals surface area contributed by atoms with Crippen molar-refractivity contribution in [3.8, 4) is 0 Å². The molecule has 0 fully saturated rings. The van der Waals surface area contributed by atoms with Gasteiger partial charge >= 0.3 is 0 Å². The van der Waals surface area contributed by atoms with Crippen LogP contribution in [0.25, 0.3) is 0 Å². The van der Waals surface area contributed by atoms with E-state index < -0.39 is 6.10 Å². The Kier molecular flexibility index (Phi) is 8.78. The Bertz CT molecular complexity index is 186. The highest BCUT2D eigenvalue weighted by atomic mass is 16.5. The lowest BCUT2D eigenvalue weighted by atomic mass is 9.90. The van der Waals surface area contributed by atoms with E-state index >= 15 is 0 Å². The molecule has 0 bridgehead atoms. The highest BCUT2D eigenvalue weighted by molar-refractivity contribution is 4.70. The molecule has 2 unspecified atom stereocenters. The van der Waals surface area contributed by atoms with Crippen LogP contribution in [0.15, 0.2) is 0 Å². The quantitative estimate of drug-likeness (QED) is 0.613. The molecule has 0 saturated heterocycles. The molecule has 2 N–H and O–H groups in total. The fourth-order valence-electron chi connectivity index (χ4n) is 1.32. The SMILES string of the molecule is CCC(C)(C)CNCC(O)COC(C)COC. The van der Waals surface area contributed by atoms with Gasteiger partial charge in [0.1, 0.15) is 0 Å². The highest BCUT2D eigenvalue weighted by Crippen LogP contribution is 2.17. The third-order valence-corrected chi connectivity index (χ3v) is 2.92. The summed E-state index contributed by atoms with van der Waals surface area (Å²) in [6, 6.07) is 0. The Labute approximate surface area is 106 Å². The molecule has 0 aromatic heterocycles. The number of aliphatic hydroxyl groups is 1. The molecule has 0 aromatic rings. The van der Waals surface area contributed by atoms with Gasteiger partial charge in [0, 0.05) is 20.2 Å². The maximum absolute atomic E-state index is 9.71. The normalized spacial score (nSPS) is 15.9. The van der Waals surface area contributed by atoms with Crippen molar-refractivity contribution in [1.82, 2.24) is 5.32 Å². The van der Waals surface area contributed by atoms with Gasteiger partial charge in [0.2, 0.25) is 0 Å². The maximum Gasteiger partial charge on any atom is 0.0897 e. The van der Waals surface area contributed by atoms with Crippen molar-refractivity contribution >= 4 is 0 Å². The first-order chi connectivity index (χ1) is 7.91. The van der Waals surface area contributed by atoms with E-state index in [1.807, 2.05) is 6.92 Å². The van der Waals surface area contributed by atoms with E-state index in [9.17, 15) is 5.11 Å². The smallest absolute Gasteiger partial charge is 0.0897 e. The standard InChI is InChI=1S/C13H29NO3/c1-6-13(3,4)10-14-7-12(15)9-17-11(2)8-16-5/h11-12,14-15H,6-10H2,1-5H3. The molecule has 2 atom stereocenters. The predicted molar refractivity (Wildman–Crippen MR) is 70.2 cm³/mol. The zero-order valence-electron chi connectivity index (χ0n) is 12.0. The van der Waals surface area contributed by atoms with Gasteiger partial charge in [0.05, 0.1) is 25.4 Å². The molecule has 0 aromatic carbocycles. The molecule has 0 saturated carbocycles. The van der Waals surface area contributed by atoms with Crippen LogP contribution in [0.4, 0.5) is 0 Å². The van der Waals surface area contributed by atoms with Crippen molar-refractivity contribution in [2.45, 2.75) is 46.3 Å². The number of rotatable bonds is 10. The first-order valence-corrected chi connectivity index (χ1v) is 6.40. The van der Waals surface area contributed by atoms with Gasteiger partial charge in [-0.25, -0.2) is 0 Å². The molecule has 4 nitrogen and oxygen atoms in total. The average Bonchev–Trinajstić information content (AvgIpc) is 2.26. The van der Waals surface area contributed by atoms with E-state index in [2.05, 4.69) is 26.1 Å². The number of hydrogen-bond donors (Lipinski definition) is 2. The van der Waals surface area contributed by atoms with Crippen LogP contribution >= 0.6 is 0 Å². The minimum atomic E-state index is -0.457. The molecule has 104 valence electrons. The summed E-state index contributed by atoms with van der Waals surface area (Å²) in [7, 11) is 1.64. The van der Waals surface area contributed by atoms with Crippen LogP contribution < -0.4 is 5.32 Å². The van der Waals surface area contributed by atoms with Gasteiger partial charge in [-0.05, 0) is 18.8 Å². The summed E-state index contributed by atoms with van der Waals surface area (Å²) < 4.78 is 10.4. The molecule has 0 rings (SSSR count). The summed E-state index contributed by atoms with van der Waals surface area (Å²) in [6.45, 7) is 10.9. The lowest BCUT2D eigenvalue weighted by molar-refractivity contribution is -0.0314. The Hall–Kier alpha value is -0.160. The molecular formula is C13H29NO3. The summed E-state index contributed by atoms with van der Waals surface area (Å²) in [5.41, 5.74) is 0.282. The van der Waals surface area contributed by atoms with Gasteiger partial charge in [-0.1, -0.05) is 20.8 Å². The van der Waals surface area contributed by atoms with Crippen molar-refractivity contribution in [3.63, 3.8) is 0 Å². The second kappa shape index (κ2) is 8.86. The van der Waals surface area contributed by atoms with Crippen LogP contribution in [0.1, 0.15) is 34.1 Å². The second-order valence-electron chi connectivity index (χ2n) is 5.40. The number of aliphatic hydroxyl groups excluding tert-OH is 1. The summed E-state index contributed by atoms with van der Waals surface area (Å²) in [6.07, 6.45) is 0.695. The average molecular weight is 247 g/mol. The summed E-state index contributed by atoms with van der Waals surface area (Å²) in [4.78, 5) is 0. The van der Waals surface area contributed by atoms with Crippen LogP contribution in [0.2, 0.25) is 0 Å². The van der Waals surface area contributed by atoms with E-state index in [1.54, 1.807) is 7.11 Å². The highest BCUT2D eigenvalue weighted by Gasteiger charge is 2.15. The minimum Gasteiger partial charge on any atom is -0.389 e. The molecule has 0 aliphatic heterocycles. The van der Waals surface area contributed by atoms with E-state index in [-0.39, 0.29) is 11.5 Å². The van der Waals surface area contributed by atoms with Crippen molar-refractivity contribution < 1.29 is 14.6 Å². The van der Waals surface area contributed by atoms with E-state index in [0.717, 1.165) is 13.0 Å². The Morgan fingerprint density at radius 2 is 1.94 bits per heavy atom. The zero-order chi connectivity index (χ0) is 13.3. The van der Waals surface area contributed by atoms with Gasteiger partial charge in [-0.15, -0.1) is 0 Å². The topological polar surface area (TPSA) is 50.7 Å². The Morgan fingerprint density at radius 3 is 2.47 bits per heavy atom. The van der Waals surface area contributed by atoms with Crippen LogP contribution in [0.5, 0.6) is 0 Å². The summed E-state index contributed by atoms with van der Waals surface area (Å²) >= 11 is 0. The van der Waals surface area contributed by atoms with Crippen LogP contribution in [0.3, 0.4) is 0 Å². The molecule has 0 amide bonds. The summed E-state index contributed by atoms with van der Waals surface area (Å²) in [5, 5.41) is 13.0. The maximum atomic E-state index is 9.71. The molecule has 0 aliphatic rings. The third kappa shape index (κ3) is 9.53. The fraction of sp³-hybridized carbons (Fsp3) is 1.00. The fourth-order valence-corrected chi connectivity index (χ4v) is 1.32. The van der Waals surface area contributed by atoms with Gasteiger partial charge in [-0.2, -0.15) is 0 Å². The predicted octanol–water partition coefficient (Wildman–Crippen LogP) is 1.42. The minimum absolute atomic E-state index is 0.0294. The Morgan fingerprint density at radius 1 is 1.29 bits per heavy atom. The van der Waals surface area contributed by atoms with Crippen LogP contribution in [0, 0.1) is 5.41 Å². The van der Waals surface area contributed by atoms with E-state index in [0.29, 0.717) is 19.8 Å². The number of methoxy groups -OCH3 is 1. The monoisotopic (exact) mass is 247 g/mol. The van der Waals surface area contributed by atoms with Crippen molar-refractivity contribution in [2.24, 2.45) is 5.41 Å². The van der Waals surface area contributed by atoms with E-state index in [1.165, 1.54) is 0 Å². The second-order valence-corrected chi connectivity index (χ2v) is 5.40. The van der Waals surface area contributed by atoms with E-state index in [4.69, 9.17) is 9.47 Å². The molecule has 17 heavy (non-hydrogen) atoms. The van der Waals surface area contributed by atoms with Crippen LogP contribution in [-0.4, -0.2) is 50.7 Å². The van der Waals surface area contributed by atoms with Gasteiger partial charge in [0.15, 0.2) is 0 Å². The van der Waals surface area contributed by atoms with Crippen molar-refractivity contribution in [2.75, 3.05) is 33.4 Å². The van der Waals surface area contributed by atoms with Crippen molar-refractivity contribution in [1.29, 1.82) is 0 Å². The van der Waals surface area contributed by atoms with Gasteiger partial charge < -0.3 is 19.9 Å². The third-order valence-electron chi connectivity index (χ3n) is 2.92. The summed E-state index contributed by atoms with van der Waals surface area (Å²) in [5.74, 6) is 0. The first-order valence-electron chi connectivity index (χ1n) is 6.40. The molecule has 0 heterocycles. The lowest BCUT2D eigenvalue weighted by Crippen LogP contribution is -2.37. The molecule has 0 aliphatic carbocycles. The first kappa shape index (κ1) is 16.8. The van der Waals surface area contributed by atoms with Crippen LogP contribution in [-0.2, 0) is 9.47 Å². The van der Waals surface area contributed by atoms with Gasteiger partial charge in [0.25, 0.3) is 0 Å².